The van der Waals surface area contributed by atoms with Gasteiger partial charge in [0.2, 0.25) is 0 Å². The van der Waals surface area contributed by atoms with Crippen LogP contribution in [0.25, 0.3) is 10.8 Å². The molecule has 7 heteroatoms. The van der Waals surface area contributed by atoms with E-state index in [9.17, 15) is 4.79 Å². The Morgan fingerprint density at radius 3 is 2.36 bits per heavy atom. The van der Waals surface area contributed by atoms with Crippen LogP contribution in [0.15, 0.2) is 30.5 Å². The van der Waals surface area contributed by atoms with Crippen LogP contribution >= 0.6 is 0 Å². The van der Waals surface area contributed by atoms with Gasteiger partial charge in [0, 0.05) is 6.20 Å². The molecule has 0 radical (unpaired) electrons. The predicted molar refractivity (Wildman–Crippen MR) is 111 cm³/mol. The molecule has 0 saturated carbocycles. The van der Waals surface area contributed by atoms with Gasteiger partial charge in [-0.05, 0) is 70.8 Å². The lowest BCUT2D eigenvalue weighted by Gasteiger charge is -2.32. The summed E-state index contributed by atoms with van der Waals surface area (Å²) in [7, 11) is -0.411. The number of nitrogens with one attached hydrogen (secondary N) is 1. The predicted octanol–water partition coefficient (Wildman–Crippen LogP) is 3.56. The van der Waals surface area contributed by atoms with E-state index in [0.717, 1.165) is 21.9 Å². The van der Waals surface area contributed by atoms with Gasteiger partial charge in [0.1, 0.15) is 5.60 Å². The zero-order valence-corrected chi connectivity index (χ0v) is 17.8. The molecular weight excluding hydrogens is 355 g/mol. The number of pyridine rings is 1. The standard InChI is InChI=1S/C21H29BN2O4/c1-19(2,3)26-18(25)24-13-17-11-15-10-16(9-8-14(15)12-23-17)22-27-20(4,5)21(6,7)28-22/h8-12H,13H2,1-7H3,(H,24,25). The first-order chi connectivity index (χ1) is 12.9. The van der Waals surface area contributed by atoms with Gasteiger partial charge in [0.25, 0.3) is 0 Å². The average Bonchev–Trinajstić information content (AvgIpc) is 2.78. The van der Waals surface area contributed by atoms with E-state index in [2.05, 4.69) is 16.4 Å². The summed E-state index contributed by atoms with van der Waals surface area (Å²) >= 11 is 0. The Morgan fingerprint density at radius 1 is 1.11 bits per heavy atom. The maximum atomic E-state index is 11.9. The van der Waals surface area contributed by atoms with Crippen molar-refractivity contribution in [3.8, 4) is 0 Å². The van der Waals surface area contributed by atoms with Gasteiger partial charge in [0.05, 0.1) is 23.4 Å². The summed E-state index contributed by atoms with van der Waals surface area (Å²) in [5, 5.41) is 4.77. The molecule has 1 aromatic carbocycles. The first-order valence-electron chi connectivity index (χ1n) is 9.57. The number of benzene rings is 1. The second-order valence-electron chi connectivity index (χ2n) is 9.23. The summed E-state index contributed by atoms with van der Waals surface area (Å²) in [5.74, 6) is 0. The van der Waals surface area contributed by atoms with Crippen molar-refractivity contribution >= 4 is 29.4 Å². The number of fused-ring (bicyclic) bond motifs is 1. The minimum atomic E-state index is -0.529. The Morgan fingerprint density at radius 2 is 1.75 bits per heavy atom. The molecule has 1 aromatic heterocycles. The molecule has 150 valence electrons. The molecule has 6 nitrogen and oxygen atoms in total. The number of nitrogens with zero attached hydrogens (tertiary/aromatic N) is 1. The fraction of sp³-hybridized carbons (Fsp3) is 0.524. The van der Waals surface area contributed by atoms with Gasteiger partial charge in [-0.2, -0.15) is 0 Å². The van der Waals surface area contributed by atoms with Crippen LogP contribution in [-0.4, -0.2) is 35.0 Å². The Labute approximate surface area is 167 Å². The third-order valence-electron chi connectivity index (χ3n) is 5.14. The van der Waals surface area contributed by atoms with Crippen molar-refractivity contribution in [1.29, 1.82) is 0 Å². The van der Waals surface area contributed by atoms with Crippen LogP contribution < -0.4 is 10.8 Å². The third-order valence-corrected chi connectivity index (χ3v) is 5.14. The smallest absolute Gasteiger partial charge is 0.444 e. The number of aromatic nitrogens is 1. The van der Waals surface area contributed by atoms with Gasteiger partial charge < -0.3 is 19.4 Å². The van der Waals surface area contributed by atoms with Crippen molar-refractivity contribution < 1.29 is 18.8 Å². The molecule has 1 amide bonds. The summed E-state index contributed by atoms with van der Waals surface area (Å²) < 4.78 is 17.5. The number of carbonyl (C=O) groups excluding carboxylic acids is 1. The molecule has 2 heterocycles. The molecule has 0 unspecified atom stereocenters. The van der Waals surface area contributed by atoms with E-state index < -0.39 is 18.8 Å². The van der Waals surface area contributed by atoms with Crippen molar-refractivity contribution in [2.24, 2.45) is 0 Å². The van der Waals surface area contributed by atoms with Crippen LogP contribution in [0.1, 0.15) is 54.2 Å². The van der Waals surface area contributed by atoms with E-state index in [-0.39, 0.29) is 11.2 Å². The lowest BCUT2D eigenvalue weighted by Crippen LogP contribution is -2.41. The number of rotatable bonds is 3. The van der Waals surface area contributed by atoms with Crippen LogP contribution in [-0.2, 0) is 20.6 Å². The molecule has 0 bridgehead atoms. The Balaban J connectivity index is 1.76. The van der Waals surface area contributed by atoms with Crippen molar-refractivity contribution in [2.45, 2.75) is 71.8 Å². The van der Waals surface area contributed by atoms with E-state index in [1.807, 2.05) is 66.7 Å². The first-order valence-corrected chi connectivity index (χ1v) is 9.57. The molecule has 1 aliphatic rings. The fourth-order valence-electron chi connectivity index (χ4n) is 2.90. The molecule has 0 spiro atoms. The number of hydrogen-bond acceptors (Lipinski definition) is 5. The summed E-state index contributed by atoms with van der Waals surface area (Å²) in [4.78, 5) is 16.3. The lowest BCUT2D eigenvalue weighted by molar-refractivity contribution is 0.00578. The first kappa shape index (κ1) is 20.6. The molecule has 2 aromatic rings. The third kappa shape index (κ3) is 4.47. The zero-order valence-electron chi connectivity index (χ0n) is 17.8. The Hall–Kier alpha value is -2.12. The summed E-state index contributed by atoms with van der Waals surface area (Å²) in [6.07, 6.45) is 1.34. The van der Waals surface area contributed by atoms with E-state index in [4.69, 9.17) is 14.0 Å². The molecule has 0 atom stereocenters. The molecule has 1 aliphatic heterocycles. The van der Waals surface area contributed by atoms with E-state index in [0.29, 0.717) is 6.54 Å². The maximum absolute atomic E-state index is 11.9. The van der Waals surface area contributed by atoms with Gasteiger partial charge in [-0.15, -0.1) is 0 Å². The lowest BCUT2D eigenvalue weighted by atomic mass is 9.78. The largest absolute Gasteiger partial charge is 0.494 e. The van der Waals surface area contributed by atoms with Gasteiger partial charge >= 0.3 is 13.2 Å². The van der Waals surface area contributed by atoms with Crippen molar-refractivity contribution in [3.63, 3.8) is 0 Å². The van der Waals surface area contributed by atoms with Crippen LogP contribution in [0.4, 0.5) is 4.79 Å². The molecule has 28 heavy (non-hydrogen) atoms. The van der Waals surface area contributed by atoms with Crippen LogP contribution in [0.2, 0.25) is 0 Å². The molecule has 1 fully saturated rings. The number of hydrogen-bond donors (Lipinski definition) is 1. The zero-order chi connectivity index (χ0) is 20.7. The number of alkyl carbamates (subject to hydrolysis) is 1. The Bertz CT molecular complexity index is 874. The van der Waals surface area contributed by atoms with E-state index in [1.165, 1.54) is 0 Å². The molecule has 1 saturated heterocycles. The maximum Gasteiger partial charge on any atom is 0.494 e. The minimum Gasteiger partial charge on any atom is -0.444 e. The Kier molecular flexibility index (Phi) is 5.19. The highest BCUT2D eigenvalue weighted by molar-refractivity contribution is 6.62. The molecule has 1 N–H and O–H groups in total. The summed E-state index contributed by atoms with van der Waals surface area (Å²) in [5.41, 5.74) is 0.423. The average molecular weight is 384 g/mol. The highest BCUT2D eigenvalue weighted by Crippen LogP contribution is 2.36. The molecule has 3 rings (SSSR count). The number of ether oxygens (including phenoxy) is 1. The molecule has 0 aliphatic carbocycles. The highest BCUT2D eigenvalue weighted by atomic mass is 16.7. The van der Waals surface area contributed by atoms with Crippen molar-refractivity contribution in [1.82, 2.24) is 10.3 Å². The number of carbonyl (C=O) groups is 1. The molecular formula is C21H29BN2O4. The van der Waals surface area contributed by atoms with Crippen molar-refractivity contribution in [3.05, 3.63) is 36.2 Å². The highest BCUT2D eigenvalue weighted by Gasteiger charge is 2.51. The van der Waals surface area contributed by atoms with Gasteiger partial charge in [-0.3, -0.25) is 4.98 Å². The fourth-order valence-corrected chi connectivity index (χ4v) is 2.90. The summed E-state index contributed by atoms with van der Waals surface area (Å²) in [6, 6.07) is 8.02. The SMILES string of the molecule is CC(C)(C)OC(=O)NCc1cc2cc(B3OC(C)(C)C(C)(C)O3)ccc2cn1. The monoisotopic (exact) mass is 384 g/mol. The van der Waals surface area contributed by atoms with Crippen molar-refractivity contribution in [2.75, 3.05) is 0 Å². The van der Waals surface area contributed by atoms with E-state index in [1.54, 1.807) is 6.20 Å². The van der Waals surface area contributed by atoms with Crippen LogP contribution in [0.5, 0.6) is 0 Å². The minimum absolute atomic E-state index is 0.297. The van der Waals surface area contributed by atoms with Gasteiger partial charge in [0.15, 0.2) is 0 Å². The topological polar surface area (TPSA) is 69.7 Å². The number of amides is 1. The summed E-state index contributed by atoms with van der Waals surface area (Å²) in [6.45, 7) is 14.0. The van der Waals surface area contributed by atoms with Crippen LogP contribution in [0.3, 0.4) is 0 Å². The second kappa shape index (κ2) is 7.05. The quantitative estimate of drug-likeness (QED) is 0.820. The van der Waals surface area contributed by atoms with Gasteiger partial charge in [-0.1, -0.05) is 18.2 Å². The second-order valence-corrected chi connectivity index (χ2v) is 9.23. The normalized spacial score (nSPS) is 18.3. The van der Waals surface area contributed by atoms with Gasteiger partial charge in [-0.25, -0.2) is 4.79 Å². The van der Waals surface area contributed by atoms with E-state index >= 15 is 0 Å². The van der Waals surface area contributed by atoms with Crippen LogP contribution in [0, 0.1) is 0 Å².